The molecule has 3 heterocycles. The summed E-state index contributed by atoms with van der Waals surface area (Å²) in [4.78, 5) is 11.0. The first kappa shape index (κ1) is 16.1. The lowest BCUT2D eigenvalue weighted by Crippen LogP contribution is -2.27. The number of nitrogens with two attached hydrogens (primary N) is 1. The zero-order valence-corrected chi connectivity index (χ0v) is 14.0. The number of aliphatic hydroxyl groups excluding tert-OH is 1. The van der Waals surface area contributed by atoms with Gasteiger partial charge in [0.15, 0.2) is 0 Å². The summed E-state index contributed by atoms with van der Waals surface area (Å²) in [6.45, 7) is 3.39. The molecule has 7 heteroatoms. The van der Waals surface area contributed by atoms with E-state index in [-0.39, 0.29) is 18.5 Å². The summed E-state index contributed by atoms with van der Waals surface area (Å²) in [6.07, 6.45) is 0.960. The lowest BCUT2D eigenvalue weighted by atomic mass is 10.0. The van der Waals surface area contributed by atoms with E-state index in [4.69, 9.17) is 15.2 Å². The highest BCUT2D eigenvalue weighted by Crippen LogP contribution is 2.30. The molecule has 0 aliphatic carbocycles. The molecule has 7 nitrogen and oxygen atoms in total. The number of benzene rings is 1. The Hall–Kier alpha value is -2.38. The Bertz CT molecular complexity index is 762. The van der Waals surface area contributed by atoms with Crippen LogP contribution in [0.4, 0.5) is 11.8 Å². The van der Waals surface area contributed by atoms with Crippen LogP contribution in [0.15, 0.2) is 24.3 Å². The van der Waals surface area contributed by atoms with Gasteiger partial charge in [-0.2, -0.15) is 4.98 Å². The second-order valence-corrected chi connectivity index (χ2v) is 6.44. The highest BCUT2D eigenvalue weighted by Gasteiger charge is 2.23. The van der Waals surface area contributed by atoms with Crippen LogP contribution in [0.3, 0.4) is 0 Å². The van der Waals surface area contributed by atoms with Crippen molar-refractivity contribution in [2.75, 3.05) is 37.0 Å². The summed E-state index contributed by atoms with van der Waals surface area (Å²) >= 11 is 0. The van der Waals surface area contributed by atoms with Crippen molar-refractivity contribution in [3.63, 3.8) is 0 Å². The van der Waals surface area contributed by atoms with Crippen LogP contribution in [0.25, 0.3) is 0 Å². The maximum absolute atomic E-state index is 9.38. The Balaban J connectivity index is 1.64. The van der Waals surface area contributed by atoms with Gasteiger partial charge >= 0.3 is 0 Å². The van der Waals surface area contributed by atoms with E-state index in [1.54, 1.807) is 0 Å². The van der Waals surface area contributed by atoms with E-state index in [2.05, 4.69) is 14.9 Å². The minimum atomic E-state index is 0.0135. The zero-order valence-electron chi connectivity index (χ0n) is 14.0. The largest absolute Gasteiger partial charge is 0.491 e. The summed E-state index contributed by atoms with van der Waals surface area (Å²) < 4.78 is 11.3. The number of nitrogen functional groups attached to an aromatic ring is 1. The first-order valence-electron chi connectivity index (χ1n) is 8.55. The zero-order chi connectivity index (χ0) is 17.2. The van der Waals surface area contributed by atoms with Crippen molar-refractivity contribution in [2.45, 2.75) is 25.5 Å². The summed E-state index contributed by atoms with van der Waals surface area (Å²) in [5.41, 5.74) is 8.80. The molecule has 1 aromatic carbocycles. The van der Waals surface area contributed by atoms with Gasteiger partial charge in [0, 0.05) is 30.7 Å². The minimum absolute atomic E-state index is 0.0135. The first-order valence-corrected chi connectivity index (χ1v) is 8.55. The number of fused-ring (bicyclic) bond motifs is 1. The van der Waals surface area contributed by atoms with Crippen LogP contribution in [0.1, 0.15) is 29.2 Å². The third-order valence-corrected chi connectivity index (χ3v) is 4.71. The Labute approximate surface area is 146 Å². The van der Waals surface area contributed by atoms with E-state index in [1.807, 2.05) is 24.3 Å². The number of hydrogen-bond acceptors (Lipinski definition) is 7. The number of hydrogen-bond donors (Lipinski definition) is 2. The summed E-state index contributed by atoms with van der Waals surface area (Å²) in [7, 11) is 0. The Morgan fingerprint density at radius 3 is 2.96 bits per heavy atom. The molecular formula is C18H22N4O3. The molecule has 1 saturated heterocycles. The van der Waals surface area contributed by atoms with Gasteiger partial charge in [0.2, 0.25) is 5.95 Å². The molecule has 0 spiro atoms. The third-order valence-electron chi connectivity index (χ3n) is 4.71. The van der Waals surface area contributed by atoms with Gasteiger partial charge in [0.1, 0.15) is 18.2 Å². The molecule has 2 aliphatic heterocycles. The van der Waals surface area contributed by atoms with E-state index >= 15 is 0 Å². The van der Waals surface area contributed by atoms with E-state index in [0.29, 0.717) is 26.3 Å². The summed E-state index contributed by atoms with van der Waals surface area (Å²) in [6, 6.07) is 7.79. The first-order chi connectivity index (χ1) is 12.2. The second-order valence-electron chi connectivity index (χ2n) is 6.44. The van der Waals surface area contributed by atoms with Gasteiger partial charge in [-0.25, -0.2) is 4.98 Å². The number of aromatic nitrogens is 2. The summed E-state index contributed by atoms with van der Waals surface area (Å²) in [5, 5.41) is 9.38. The number of rotatable bonds is 3. The van der Waals surface area contributed by atoms with Gasteiger partial charge in [-0.3, -0.25) is 0 Å². The van der Waals surface area contributed by atoms with Crippen LogP contribution in [0, 0.1) is 0 Å². The van der Waals surface area contributed by atoms with Crippen LogP contribution in [-0.2, 0) is 17.9 Å². The molecule has 0 amide bonds. The molecule has 2 aliphatic rings. The molecule has 1 aromatic heterocycles. The van der Waals surface area contributed by atoms with Crippen molar-refractivity contribution in [1.29, 1.82) is 0 Å². The van der Waals surface area contributed by atoms with Crippen molar-refractivity contribution in [2.24, 2.45) is 0 Å². The molecule has 1 fully saturated rings. The van der Waals surface area contributed by atoms with Crippen molar-refractivity contribution in [1.82, 2.24) is 9.97 Å². The molecular weight excluding hydrogens is 320 g/mol. The third kappa shape index (κ3) is 3.38. The van der Waals surface area contributed by atoms with Crippen molar-refractivity contribution < 1.29 is 14.6 Å². The molecule has 132 valence electrons. The van der Waals surface area contributed by atoms with E-state index in [0.717, 1.165) is 41.4 Å². The Kier molecular flexibility index (Phi) is 4.42. The molecule has 1 unspecified atom stereocenters. The molecule has 0 radical (unpaired) electrons. The molecule has 0 saturated carbocycles. The van der Waals surface area contributed by atoms with Gasteiger partial charge in [0.05, 0.1) is 25.5 Å². The average molecular weight is 342 g/mol. The average Bonchev–Trinajstić information content (AvgIpc) is 3.07. The number of anilines is 2. The fourth-order valence-electron chi connectivity index (χ4n) is 3.35. The maximum atomic E-state index is 9.38. The van der Waals surface area contributed by atoms with Crippen molar-refractivity contribution in [3.8, 4) is 5.75 Å². The van der Waals surface area contributed by atoms with E-state index in [1.165, 1.54) is 0 Å². The predicted octanol–water partition coefficient (Wildman–Crippen LogP) is 1.45. The highest BCUT2D eigenvalue weighted by atomic mass is 16.5. The van der Waals surface area contributed by atoms with Crippen LogP contribution in [0.5, 0.6) is 5.75 Å². The van der Waals surface area contributed by atoms with Gasteiger partial charge in [-0.15, -0.1) is 0 Å². The fraction of sp³-hybridized carbons (Fsp3) is 0.444. The van der Waals surface area contributed by atoms with Crippen LogP contribution >= 0.6 is 0 Å². The Morgan fingerprint density at radius 2 is 2.16 bits per heavy atom. The minimum Gasteiger partial charge on any atom is -0.491 e. The monoisotopic (exact) mass is 342 g/mol. The number of aliphatic hydroxyl groups is 1. The molecule has 2 aromatic rings. The SMILES string of the molecule is Nc1nc(C2CCOC2)cc(N2CCOc3ccc(CO)cc3C2)n1. The van der Waals surface area contributed by atoms with Gasteiger partial charge < -0.3 is 25.2 Å². The smallest absolute Gasteiger partial charge is 0.222 e. The molecule has 4 rings (SSSR count). The molecule has 0 bridgehead atoms. The van der Waals surface area contributed by atoms with Crippen molar-refractivity contribution >= 4 is 11.8 Å². The molecule has 1 atom stereocenters. The second kappa shape index (κ2) is 6.85. The van der Waals surface area contributed by atoms with Crippen molar-refractivity contribution in [3.05, 3.63) is 41.1 Å². The van der Waals surface area contributed by atoms with Gasteiger partial charge in [-0.1, -0.05) is 6.07 Å². The summed E-state index contributed by atoms with van der Waals surface area (Å²) in [5.74, 6) is 2.22. The lowest BCUT2D eigenvalue weighted by molar-refractivity contribution is 0.193. The topological polar surface area (TPSA) is 93.7 Å². The quantitative estimate of drug-likeness (QED) is 0.872. The van der Waals surface area contributed by atoms with E-state index in [9.17, 15) is 5.11 Å². The lowest BCUT2D eigenvalue weighted by Gasteiger charge is -2.22. The molecule has 3 N–H and O–H groups in total. The Morgan fingerprint density at radius 1 is 1.24 bits per heavy atom. The van der Waals surface area contributed by atoms with Crippen LogP contribution in [0.2, 0.25) is 0 Å². The normalized spacial score (nSPS) is 20.0. The van der Waals surface area contributed by atoms with Gasteiger partial charge in [-0.05, 0) is 24.1 Å². The standard InChI is InChI=1S/C18H22N4O3/c19-18-20-15(13-3-5-24-11-13)8-17(21-18)22-4-6-25-16-2-1-12(10-23)7-14(16)9-22/h1-2,7-8,13,23H,3-6,9-11H2,(H2,19,20,21). The number of ether oxygens (including phenoxy) is 2. The fourth-order valence-corrected chi connectivity index (χ4v) is 3.35. The molecule has 25 heavy (non-hydrogen) atoms. The van der Waals surface area contributed by atoms with Crippen LogP contribution < -0.4 is 15.4 Å². The van der Waals surface area contributed by atoms with E-state index < -0.39 is 0 Å². The maximum Gasteiger partial charge on any atom is 0.222 e. The van der Waals surface area contributed by atoms with Gasteiger partial charge in [0.25, 0.3) is 0 Å². The predicted molar refractivity (Wildman–Crippen MR) is 93.5 cm³/mol. The van der Waals surface area contributed by atoms with Crippen LogP contribution in [-0.4, -0.2) is 41.4 Å². The number of nitrogens with zero attached hydrogens (tertiary/aromatic N) is 3. The highest BCUT2D eigenvalue weighted by molar-refractivity contribution is 5.48.